The van der Waals surface area contributed by atoms with Gasteiger partial charge >= 0.3 is 11.4 Å². The number of pyridine rings is 1. The van der Waals surface area contributed by atoms with Crippen LogP contribution in [0.1, 0.15) is 104 Å². The third kappa shape index (κ3) is 6.11. The maximum Gasteiger partial charge on any atom is 0.438 e. The van der Waals surface area contributed by atoms with Gasteiger partial charge in [-0.25, -0.2) is 18.4 Å². The normalized spacial score (nSPS) is 20.0. The summed E-state index contributed by atoms with van der Waals surface area (Å²) in [7, 11) is 1.72. The summed E-state index contributed by atoms with van der Waals surface area (Å²) < 4.78 is 50.5. The van der Waals surface area contributed by atoms with Crippen molar-refractivity contribution in [2.75, 3.05) is 13.2 Å². The van der Waals surface area contributed by atoms with Gasteiger partial charge in [-0.05, 0) is 119 Å². The Bertz CT molecular complexity index is 3280. The number of aromatic amines is 1. The van der Waals surface area contributed by atoms with Gasteiger partial charge in [0.05, 0.1) is 52.1 Å². The monoisotopic (exact) mass is 870 g/mol. The van der Waals surface area contributed by atoms with Crippen molar-refractivity contribution in [3.63, 3.8) is 0 Å². The standard InChI is InChI=1S/C47H48F2N10O5/c1-25-19-30(20-26(2)37(25)48)39-41(58-15-14-57(45(58)62)35-10-9-33-31(38(35)49)22-50-54(33)6)40-27(3)56(16-17-59(40)52-39)42(60)32-24-55-23-29(28-11-18-63-46(4,5)21-28)7-8-34(55)36(32)47(12-13-47)43-51-44(61)64-53-43/h7-10,14-15,19-20,22-24,27-28,42,60H,11-13,16-18,21H2,1-6H3,(H,51,53,61)/t27-,28-,42?/m1/s1. The maximum absolute atomic E-state index is 16.1. The van der Waals surface area contributed by atoms with Gasteiger partial charge in [0.15, 0.2) is 11.6 Å². The predicted molar refractivity (Wildman–Crippen MR) is 233 cm³/mol. The van der Waals surface area contributed by atoms with Crippen LogP contribution in [0.4, 0.5) is 8.78 Å². The van der Waals surface area contributed by atoms with Crippen LogP contribution in [0.3, 0.4) is 0 Å². The van der Waals surface area contributed by atoms with Gasteiger partial charge in [-0.1, -0.05) is 11.2 Å². The number of ether oxygens (including phenoxy) is 1. The molecule has 2 aliphatic heterocycles. The number of rotatable bonds is 8. The van der Waals surface area contributed by atoms with Crippen LogP contribution >= 0.6 is 0 Å². The van der Waals surface area contributed by atoms with Gasteiger partial charge in [0, 0.05) is 61.6 Å². The van der Waals surface area contributed by atoms with Crippen molar-refractivity contribution in [3.05, 3.63) is 139 Å². The highest BCUT2D eigenvalue weighted by Crippen LogP contribution is 2.56. The second-order valence-electron chi connectivity index (χ2n) is 18.5. The number of fused-ring (bicyclic) bond motifs is 3. The van der Waals surface area contributed by atoms with Crippen molar-refractivity contribution in [2.45, 2.75) is 96.1 Å². The number of aromatic nitrogens is 9. The molecule has 330 valence electrons. The average Bonchev–Trinajstić information content (AvgIpc) is 3.72. The molecule has 0 bridgehead atoms. The zero-order valence-corrected chi connectivity index (χ0v) is 36.4. The van der Waals surface area contributed by atoms with Crippen molar-refractivity contribution < 1.29 is 23.1 Å². The zero-order valence-electron chi connectivity index (χ0n) is 36.4. The number of nitrogens with zero attached hydrogens (tertiary/aromatic N) is 9. The third-order valence-corrected chi connectivity index (χ3v) is 14.0. The molecule has 3 atom stereocenters. The van der Waals surface area contributed by atoms with E-state index in [9.17, 15) is 14.7 Å². The number of halogens is 2. The summed E-state index contributed by atoms with van der Waals surface area (Å²) in [6.07, 6.45) is 10.6. The number of hydrogen-bond acceptors (Lipinski definition) is 9. The number of aliphatic hydroxyl groups excluding tert-OH is 1. The maximum atomic E-state index is 16.1. The lowest BCUT2D eigenvalue weighted by molar-refractivity contribution is -0.0593. The van der Waals surface area contributed by atoms with Gasteiger partial charge < -0.3 is 14.2 Å². The molecule has 2 aromatic carbocycles. The average molecular weight is 871 g/mol. The van der Waals surface area contributed by atoms with Crippen LogP contribution in [0.2, 0.25) is 0 Å². The van der Waals surface area contributed by atoms with E-state index in [2.05, 4.69) is 51.8 Å². The van der Waals surface area contributed by atoms with Crippen LogP contribution in [-0.4, -0.2) is 72.0 Å². The van der Waals surface area contributed by atoms with Gasteiger partial charge in [-0.3, -0.25) is 32.9 Å². The summed E-state index contributed by atoms with van der Waals surface area (Å²) in [4.78, 5) is 31.8. The molecule has 0 amide bonds. The highest BCUT2D eigenvalue weighted by Gasteiger charge is 2.53. The molecule has 17 heteroatoms. The molecule has 8 heterocycles. The first-order chi connectivity index (χ1) is 30.6. The molecular formula is C47H48F2N10O5. The highest BCUT2D eigenvalue weighted by atomic mass is 19.1. The molecule has 15 nitrogen and oxygen atoms in total. The lowest BCUT2D eigenvalue weighted by atomic mass is 9.84. The highest BCUT2D eigenvalue weighted by molar-refractivity contribution is 5.82. The van der Waals surface area contributed by atoms with E-state index in [4.69, 9.17) is 14.4 Å². The van der Waals surface area contributed by atoms with E-state index in [0.29, 0.717) is 83.2 Å². The molecule has 1 saturated heterocycles. The molecule has 0 radical (unpaired) electrons. The lowest BCUT2D eigenvalue weighted by Gasteiger charge is -2.38. The molecular weight excluding hydrogens is 823 g/mol. The topological polar surface area (TPSA) is 159 Å². The molecule has 1 aliphatic carbocycles. The van der Waals surface area contributed by atoms with E-state index < -0.39 is 34.9 Å². The first-order valence-electron chi connectivity index (χ1n) is 21.7. The summed E-state index contributed by atoms with van der Waals surface area (Å²) in [5.74, 6) is -0.861. The van der Waals surface area contributed by atoms with Crippen LogP contribution < -0.4 is 11.4 Å². The quantitative estimate of drug-likeness (QED) is 0.164. The fraction of sp³-hybridized carbons (Fsp3) is 0.383. The fourth-order valence-corrected chi connectivity index (χ4v) is 10.6. The number of aliphatic hydroxyl groups is 1. The fourth-order valence-electron chi connectivity index (χ4n) is 10.6. The second kappa shape index (κ2) is 14.3. The number of imidazole rings is 1. The minimum atomic E-state index is -1.16. The van der Waals surface area contributed by atoms with Crippen molar-refractivity contribution in [1.29, 1.82) is 0 Å². The van der Waals surface area contributed by atoms with Gasteiger partial charge in [-0.15, -0.1) is 0 Å². The minimum Gasteiger partial charge on any atom is -0.376 e. The Morgan fingerprint density at radius 1 is 0.969 bits per heavy atom. The van der Waals surface area contributed by atoms with Crippen molar-refractivity contribution in [1.82, 2.24) is 48.1 Å². The van der Waals surface area contributed by atoms with Crippen LogP contribution in [0, 0.1) is 25.5 Å². The van der Waals surface area contributed by atoms with Crippen molar-refractivity contribution in [2.24, 2.45) is 7.05 Å². The lowest BCUT2D eigenvalue weighted by Crippen LogP contribution is -2.40. The summed E-state index contributed by atoms with van der Waals surface area (Å²) in [6.45, 7) is 11.0. The van der Waals surface area contributed by atoms with E-state index >= 15 is 8.78 Å². The summed E-state index contributed by atoms with van der Waals surface area (Å²) in [5.41, 5.74) is 5.70. The van der Waals surface area contributed by atoms with Gasteiger partial charge in [0.25, 0.3) is 0 Å². The van der Waals surface area contributed by atoms with Crippen molar-refractivity contribution >= 4 is 16.4 Å². The number of hydrogen-bond donors (Lipinski definition) is 2. The molecule has 64 heavy (non-hydrogen) atoms. The summed E-state index contributed by atoms with van der Waals surface area (Å²) >= 11 is 0. The van der Waals surface area contributed by atoms with Gasteiger partial charge in [-0.2, -0.15) is 10.2 Å². The van der Waals surface area contributed by atoms with Crippen LogP contribution in [0.5, 0.6) is 0 Å². The Balaban J connectivity index is 1.05. The van der Waals surface area contributed by atoms with E-state index in [1.807, 2.05) is 22.7 Å². The molecule has 0 spiro atoms. The zero-order chi connectivity index (χ0) is 44.6. The smallest absolute Gasteiger partial charge is 0.376 e. The van der Waals surface area contributed by atoms with Gasteiger partial charge in [0.1, 0.15) is 23.4 Å². The minimum absolute atomic E-state index is 0.0601. The Morgan fingerprint density at radius 3 is 2.44 bits per heavy atom. The molecule has 1 unspecified atom stereocenters. The largest absolute Gasteiger partial charge is 0.438 e. The van der Waals surface area contributed by atoms with Crippen LogP contribution in [-0.2, 0) is 23.7 Å². The van der Waals surface area contributed by atoms with Crippen LogP contribution in [0.15, 0.2) is 81.5 Å². The van der Waals surface area contributed by atoms with E-state index in [0.717, 1.165) is 23.9 Å². The molecule has 2 N–H and O–H groups in total. The summed E-state index contributed by atoms with van der Waals surface area (Å²) in [5, 5.41) is 26.6. The van der Waals surface area contributed by atoms with E-state index in [-0.39, 0.29) is 28.4 Å². The molecule has 1 saturated carbocycles. The first-order valence-corrected chi connectivity index (χ1v) is 21.7. The number of nitrogens with one attached hydrogen (secondary N) is 1. The Hall–Kier alpha value is -6.43. The Labute approximate surface area is 365 Å². The molecule has 6 aromatic heterocycles. The predicted octanol–water partition coefficient (Wildman–Crippen LogP) is 7.02. The third-order valence-electron chi connectivity index (χ3n) is 14.0. The summed E-state index contributed by atoms with van der Waals surface area (Å²) in [6, 6.07) is 10.4. The van der Waals surface area contributed by atoms with E-state index in [1.54, 1.807) is 56.0 Å². The van der Waals surface area contributed by atoms with Crippen LogP contribution in [0.25, 0.3) is 39.1 Å². The van der Waals surface area contributed by atoms with E-state index in [1.165, 1.54) is 27.1 Å². The molecule has 2 fully saturated rings. The second-order valence-corrected chi connectivity index (χ2v) is 18.5. The SMILES string of the molecule is Cc1cc(-c2nn3c(c2-n2ccn(-c4ccc5c(cnn5C)c4F)c2=O)[C@@H](C)N(C(O)c2cn4cc([C@@H]5CCOC(C)(C)C5)ccc4c2C2(c4noc(=O)[nH]4)CC2)CC3)cc(C)c1F. The number of H-pyrrole nitrogens is 1. The Kier molecular flexibility index (Phi) is 9.01. The van der Waals surface area contributed by atoms with Crippen molar-refractivity contribution in [3.8, 4) is 22.6 Å². The molecule has 8 aromatic rings. The van der Waals surface area contributed by atoms with Gasteiger partial charge in [0.2, 0.25) is 0 Å². The Morgan fingerprint density at radius 2 is 1.72 bits per heavy atom. The number of benzene rings is 2. The first kappa shape index (κ1) is 40.4. The number of aryl methyl sites for hydroxylation is 3. The molecule has 3 aliphatic rings. The molecule has 11 rings (SSSR count).